The fraction of sp³-hybridized carbons (Fsp3) is 0.280. The van der Waals surface area contributed by atoms with Crippen LogP contribution in [-0.4, -0.2) is 20.5 Å². The van der Waals surface area contributed by atoms with Gasteiger partial charge in [0, 0.05) is 29.2 Å². The summed E-state index contributed by atoms with van der Waals surface area (Å²) in [4.78, 5) is 9.23. The molecule has 0 aliphatic carbocycles. The third kappa shape index (κ3) is 3.88. The van der Waals surface area contributed by atoms with E-state index in [1.807, 2.05) is 38.4 Å². The van der Waals surface area contributed by atoms with Crippen molar-refractivity contribution in [3.63, 3.8) is 0 Å². The summed E-state index contributed by atoms with van der Waals surface area (Å²) in [6.07, 6.45) is 6.20. The van der Waals surface area contributed by atoms with Gasteiger partial charge in [-0.1, -0.05) is 26.0 Å². The van der Waals surface area contributed by atoms with E-state index >= 15 is 0 Å². The van der Waals surface area contributed by atoms with Crippen molar-refractivity contribution in [2.75, 3.05) is 0 Å². The summed E-state index contributed by atoms with van der Waals surface area (Å²) < 4.78 is 7.92. The van der Waals surface area contributed by atoms with Crippen molar-refractivity contribution in [2.24, 2.45) is 0 Å². The van der Waals surface area contributed by atoms with Crippen LogP contribution in [0.2, 0.25) is 0 Å². The lowest BCUT2D eigenvalue weighted by Crippen LogP contribution is -2.05. The van der Waals surface area contributed by atoms with Crippen LogP contribution in [0.3, 0.4) is 0 Å². The van der Waals surface area contributed by atoms with Gasteiger partial charge in [-0.25, -0.2) is 4.98 Å². The van der Waals surface area contributed by atoms with E-state index in [1.165, 1.54) is 11.1 Å². The average molecular weight is 386 g/mol. The Morgan fingerprint density at radius 1 is 0.862 bits per heavy atom. The normalized spacial score (nSPS) is 11.6. The van der Waals surface area contributed by atoms with Gasteiger partial charge in [0.2, 0.25) is 0 Å². The minimum Gasteiger partial charge on any atom is -0.491 e. The number of nitrogens with zero attached hydrogens (tertiary/aromatic N) is 3. The zero-order valence-corrected chi connectivity index (χ0v) is 17.7. The first-order chi connectivity index (χ1) is 13.9. The molecule has 4 nitrogen and oxygen atoms in total. The Morgan fingerprint density at radius 3 is 2.21 bits per heavy atom. The van der Waals surface area contributed by atoms with E-state index in [-0.39, 0.29) is 6.10 Å². The quantitative estimate of drug-likeness (QED) is 0.406. The van der Waals surface area contributed by atoms with Gasteiger partial charge in [0.15, 0.2) is 0 Å². The zero-order valence-electron chi connectivity index (χ0n) is 17.7. The van der Waals surface area contributed by atoms with Gasteiger partial charge in [0.25, 0.3) is 0 Å². The first-order valence-corrected chi connectivity index (χ1v) is 10.1. The van der Waals surface area contributed by atoms with Gasteiger partial charge in [-0.15, -0.1) is 0 Å². The number of ether oxygens (including phenoxy) is 1. The second-order valence-electron chi connectivity index (χ2n) is 8.06. The largest absolute Gasteiger partial charge is 0.491 e. The van der Waals surface area contributed by atoms with Crippen LogP contribution in [-0.2, 0) is 0 Å². The molecule has 3 heterocycles. The highest BCUT2D eigenvalue weighted by atomic mass is 16.5. The molecule has 0 aliphatic heterocycles. The van der Waals surface area contributed by atoms with Gasteiger partial charge < -0.3 is 4.74 Å². The Labute approximate surface area is 172 Å². The molecule has 1 aromatic carbocycles. The highest BCUT2D eigenvalue weighted by Crippen LogP contribution is 2.29. The predicted molar refractivity (Wildman–Crippen MR) is 118 cm³/mol. The molecule has 0 aliphatic rings. The van der Waals surface area contributed by atoms with Gasteiger partial charge in [-0.05, 0) is 68.1 Å². The number of benzene rings is 1. The third-order valence-electron chi connectivity index (χ3n) is 5.06. The van der Waals surface area contributed by atoms with E-state index in [1.54, 1.807) is 0 Å². The lowest BCUT2D eigenvalue weighted by atomic mass is 10.0. The highest BCUT2D eigenvalue weighted by Gasteiger charge is 2.11. The Bertz CT molecular complexity index is 1120. The molecule has 0 spiro atoms. The summed E-state index contributed by atoms with van der Waals surface area (Å²) >= 11 is 0. The number of hydrogen-bond acceptors (Lipinski definition) is 3. The number of pyridine rings is 2. The van der Waals surface area contributed by atoms with Crippen molar-refractivity contribution in [1.82, 2.24) is 14.4 Å². The van der Waals surface area contributed by atoms with Crippen molar-refractivity contribution < 1.29 is 4.74 Å². The van der Waals surface area contributed by atoms with Crippen LogP contribution >= 0.6 is 0 Å². The molecule has 4 heteroatoms. The third-order valence-corrected chi connectivity index (χ3v) is 5.06. The Morgan fingerprint density at radius 2 is 1.59 bits per heavy atom. The van der Waals surface area contributed by atoms with E-state index in [9.17, 15) is 0 Å². The molecule has 0 amide bonds. The SMILES string of the molecule is Cc1cc2ncc(-c3ccc(C(C)C)nc3)n2cc1-c1ccc(OC(C)C)cc1. The van der Waals surface area contributed by atoms with Gasteiger partial charge in [-0.2, -0.15) is 0 Å². The van der Waals surface area contributed by atoms with Crippen LogP contribution < -0.4 is 4.74 Å². The van der Waals surface area contributed by atoms with Crippen LogP contribution in [0.4, 0.5) is 0 Å². The molecule has 148 valence electrons. The Hall–Kier alpha value is -3.14. The fourth-order valence-corrected chi connectivity index (χ4v) is 3.52. The summed E-state index contributed by atoms with van der Waals surface area (Å²) in [6, 6.07) is 14.6. The number of hydrogen-bond donors (Lipinski definition) is 0. The molecule has 0 fully saturated rings. The number of aromatic nitrogens is 3. The van der Waals surface area contributed by atoms with Crippen molar-refractivity contribution in [3.05, 3.63) is 72.3 Å². The number of fused-ring (bicyclic) bond motifs is 1. The maximum absolute atomic E-state index is 5.77. The molecule has 0 unspecified atom stereocenters. The molecule has 0 atom stereocenters. The molecule has 4 rings (SSSR count). The number of aryl methyl sites for hydroxylation is 1. The number of rotatable bonds is 5. The van der Waals surface area contributed by atoms with Gasteiger partial charge in [0.05, 0.1) is 18.0 Å². The standard InChI is InChI=1S/C25H27N3O/c1-16(2)23-11-8-20(13-26-23)24-14-27-25-12-18(5)22(15-28(24)25)19-6-9-21(10-7-19)29-17(3)4/h6-17H,1-5H3. The van der Waals surface area contributed by atoms with Crippen LogP contribution in [0.5, 0.6) is 5.75 Å². The zero-order chi connectivity index (χ0) is 20.5. The molecule has 0 bridgehead atoms. The van der Waals surface area contributed by atoms with Crippen LogP contribution in [0.15, 0.2) is 61.1 Å². The fourth-order valence-electron chi connectivity index (χ4n) is 3.52. The van der Waals surface area contributed by atoms with Crippen LogP contribution in [0, 0.1) is 6.92 Å². The molecule has 4 aromatic rings. The molecular formula is C25H27N3O. The molecular weight excluding hydrogens is 358 g/mol. The monoisotopic (exact) mass is 385 g/mol. The van der Waals surface area contributed by atoms with Crippen LogP contribution in [0.1, 0.15) is 44.9 Å². The molecule has 3 aromatic heterocycles. The lowest BCUT2D eigenvalue weighted by molar-refractivity contribution is 0.242. The van der Waals surface area contributed by atoms with E-state index in [0.29, 0.717) is 5.92 Å². The maximum Gasteiger partial charge on any atom is 0.137 e. The molecule has 0 saturated heterocycles. The summed E-state index contributed by atoms with van der Waals surface area (Å²) in [5, 5.41) is 0. The summed E-state index contributed by atoms with van der Waals surface area (Å²) in [7, 11) is 0. The van der Waals surface area contributed by atoms with Gasteiger partial charge >= 0.3 is 0 Å². The van der Waals surface area contributed by atoms with Crippen molar-refractivity contribution in [2.45, 2.75) is 46.6 Å². The first-order valence-electron chi connectivity index (χ1n) is 10.1. The summed E-state index contributed by atoms with van der Waals surface area (Å²) in [5.74, 6) is 1.31. The second kappa shape index (κ2) is 7.70. The van der Waals surface area contributed by atoms with Crippen molar-refractivity contribution in [3.8, 4) is 28.1 Å². The second-order valence-corrected chi connectivity index (χ2v) is 8.06. The van der Waals surface area contributed by atoms with Gasteiger partial charge in [-0.3, -0.25) is 9.38 Å². The minimum atomic E-state index is 0.170. The molecule has 29 heavy (non-hydrogen) atoms. The van der Waals surface area contributed by atoms with E-state index < -0.39 is 0 Å². The van der Waals surface area contributed by atoms with E-state index in [4.69, 9.17) is 4.74 Å². The Balaban J connectivity index is 1.75. The minimum absolute atomic E-state index is 0.170. The average Bonchev–Trinajstić information content (AvgIpc) is 3.10. The molecule has 0 N–H and O–H groups in total. The van der Waals surface area contributed by atoms with Crippen molar-refractivity contribution in [1.29, 1.82) is 0 Å². The maximum atomic E-state index is 5.77. The Kier molecular flexibility index (Phi) is 5.10. The molecule has 0 radical (unpaired) electrons. The summed E-state index contributed by atoms with van der Waals surface area (Å²) in [5.41, 5.74) is 7.69. The first kappa shape index (κ1) is 19.2. The van der Waals surface area contributed by atoms with Crippen LogP contribution in [0.25, 0.3) is 28.0 Å². The highest BCUT2D eigenvalue weighted by molar-refractivity contribution is 5.72. The lowest BCUT2D eigenvalue weighted by Gasteiger charge is -2.12. The smallest absolute Gasteiger partial charge is 0.137 e. The predicted octanol–water partition coefficient (Wildman–Crippen LogP) is 6.28. The molecule has 0 saturated carbocycles. The topological polar surface area (TPSA) is 39.4 Å². The van der Waals surface area contributed by atoms with E-state index in [2.05, 4.69) is 71.7 Å². The van der Waals surface area contributed by atoms with Crippen molar-refractivity contribution >= 4 is 5.65 Å². The van der Waals surface area contributed by atoms with E-state index in [0.717, 1.165) is 33.9 Å². The number of imidazole rings is 1. The van der Waals surface area contributed by atoms with Gasteiger partial charge in [0.1, 0.15) is 11.4 Å². The summed E-state index contributed by atoms with van der Waals surface area (Å²) in [6.45, 7) is 10.5.